The summed E-state index contributed by atoms with van der Waals surface area (Å²) >= 11 is 6.18. The van der Waals surface area contributed by atoms with Gasteiger partial charge in [-0.05, 0) is 48.2 Å². The fourth-order valence-corrected chi connectivity index (χ4v) is 3.94. The Hall–Kier alpha value is -2.56. The smallest absolute Gasteiger partial charge is 0.290 e. The number of alkyl halides is 2. The highest BCUT2D eigenvalue weighted by atomic mass is 35.5. The minimum Gasteiger partial charge on any atom is -0.338 e. The number of pyridine rings is 1. The number of halogens is 3. The second-order valence-corrected chi connectivity index (χ2v) is 8.24. The van der Waals surface area contributed by atoms with E-state index in [1.807, 2.05) is 12.1 Å². The minimum atomic E-state index is -2.63. The Bertz CT molecular complexity index is 1040. The van der Waals surface area contributed by atoms with Crippen LogP contribution in [-0.2, 0) is 6.54 Å². The van der Waals surface area contributed by atoms with E-state index in [9.17, 15) is 13.6 Å². The molecule has 0 aliphatic carbocycles. The first-order chi connectivity index (χ1) is 15.0. The SMILES string of the molecule is O=C(c1cccnc1SC(F)F)N1CCN(Cc2nc(-c3ccc(Cl)cc3)no2)CC1. The molecule has 0 spiro atoms. The van der Waals surface area contributed by atoms with Gasteiger partial charge < -0.3 is 9.42 Å². The molecular formula is C20H18ClF2N5O2S. The van der Waals surface area contributed by atoms with Crippen LogP contribution in [0.4, 0.5) is 8.78 Å². The third-order valence-corrected chi connectivity index (χ3v) is 5.77. The van der Waals surface area contributed by atoms with Crippen LogP contribution in [0.1, 0.15) is 16.2 Å². The zero-order valence-electron chi connectivity index (χ0n) is 16.2. The number of hydrogen-bond donors (Lipinski definition) is 0. The van der Waals surface area contributed by atoms with E-state index in [-0.39, 0.29) is 28.3 Å². The molecule has 31 heavy (non-hydrogen) atoms. The average molecular weight is 466 g/mol. The molecule has 3 aromatic rings. The number of hydrogen-bond acceptors (Lipinski definition) is 7. The van der Waals surface area contributed by atoms with Crippen LogP contribution in [0.5, 0.6) is 0 Å². The van der Waals surface area contributed by atoms with Gasteiger partial charge in [0.1, 0.15) is 5.03 Å². The number of aromatic nitrogens is 3. The lowest BCUT2D eigenvalue weighted by molar-refractivity contribution is 0.0611. The van der Waals surface area contributed by atoms with Gasteiger partial charge in [0.2, 0.25) is 11.7 Å². The molecular weight excluding hydrogens is 448 g/mol. The summed E-state index contributed by atoms with van der Waals surface area (Å²) in [6, 6.07) is 10.3. The summed E-state index contributed by atoms with van der Waals surface area (Å²) in [5.41, 5.74) is 1.01. The van der Waals surface area contributed by atoms with E-state index in [0.717, 1.165) is 5.56 Å². The average Bonchev–Trinajstić information content (AvgIpc) is 3.23. The molecule has 11 heteroatoms. The third-order valence-electron chi connectivity index (χ3n) is 4.79. The highest BCUT2D eigenvalue weighted by molar-refractivity contribution is 7.99. The van der Waals surface area contributed by atoms with Gasteiger partial charge in [-0.3, -0.25) is 9.69 Å². The summed E-state index contributed by atoms with van der Waals surface area (Å²) in [5.74, 6) is -1.96. The zero-order valence-corrected chi connectivity index (χ0v) is 17.8. The largest absolute Gasteiger partial charge is 0.338 e. The van der Waals surface area contributed by atoms with E-state index in [4.69, 9.17) is 16.1 Å². The molecule has 2 aromatic heterocycles. The van der Waals surface area contributed by atoms with Crippen LogP contribution in [0.15, 0.2) is 52.1 Å². The van der Waals surface area contributed by atoms with E-state index in [2.05, 4.69) is 20.0 Å². The maximum Gasteiger partial charge on any atom is 0.290 e. The second-order valence-electron chi connectivity index (χ2n) is 6.82. The molecule has 1 aliphatic heterocycles. The van der Waals surface area contributed by atoms with Gasteiger partial charge in [-0.1, -0.05) is 16.8 Å². The van der Waals surface area contributed by atoms with Crippen molar-refractivity contribution in [3.63, 3.8) is 0 Å². The van der Waals surface area contributed by atoms with E-state index in [1.165, 1.54) is 12.3 Å². The fraction of sp³-hybridized carbons (Fsp3) is 0.300. The molecule has 162 valence electrons. The molecule has 3 heterocycles. The van der Waals surface area contributed by atoms with E-state index >= 15 is 0 Å². The van der Waals surface area contributed by atoms with Gasteiger partial charge >= 0.3 is 0 Å². The van der Waals surface area contributed by atoms with Crippen LogP contribution >= 0.6 is 23.4 Å². The summed E-state index contributed by atoms with van der Waals surface area (Å²) in [4.78, 5) is 24.9. The van der Waals surface area contributed by atoms with Gasteiger partial charge in [0.05, 0.1) is 12.1 Å². The summed E-state index contributed by atoms with van der Waals surface area (Å²) in [5, 5.41) is 4.68. The number of piperazine rings is 1. The highest BCUT2D eigenvalue weighted by Crippen LogP contribution is 2.27. The number of carbonyl (C=O) groups excluding carboxylic acids is 1. The first kappa shape index (κ1) is 21.7. The molecule has 0 atom stereocenters. The standard InChI is InChI=1S/C20H18ClF2N5O2S/c21-14-5-3-13(4-6-14)17-25-16(30-26-17)12-27-8-10-28(11-9-27)19(29)15-2-1-7-24-18(15)31-20(22)23/h1-7,20H,8-12H2. The Balaban J connectivity index is 1.34. The van der Waals surface area contributed by atoms with Crippen molar-refractivity contribution in [2.24, 2.45) is 0 Å². The lowest BCUT2D eigenvalue weighted by atomic mass is 10.2. The Labute approximate surface area is 186 Å². The molecule has 4 rings (SSSR count). The van der Waals surface area contributed by atoms with Crippen LogP contribution < -0.4 is 0 Å². The zero-order chi connectivity index (χ0) is 21.8. The van der Waals surface area contributed by atoms with E-state index < -0.39 is 5.76 Å². The molecule has 1 fully saturated rings. The topological polar surface area (TPSA) is 75.4 Å². The molecule has 1 saturated heterocycles. The number of nitrogens with zero attached hydrogens (tertiary/aromatic N) is 5. The molecule has 0 N–H and O–H groups in total. The monoisotopic (exact) mass is 465 g/mol. The van der Waals surface area contributed by atoms with Gasteiger partial charge in [-0.2, -0.15) is 13.8 Å². The third kappa shape index (κ3) is 5.38. The van der Waals surface area contributed by atoms with Gasteiger partial charge in [0.25, 0.3) is 11.7 Å². The molecule has 7 nitrogen and oxygen atoms in total. The van der Waals surface area contributed by atoms with Crippen molar-refractivity contribution >= 4 is 29.3 Å². The first-order valence-corrected chi connectivity index (χ1v) is 10.8. The van der Waals surface area contributed by atoms with Crippen molar-refractivity contribution in [2.75, 3.05) is 26.2 Å². The summed E-state index contributed by atoms with van der Waals surface area (Å²) in [6.45, 7) is 2.58. The van der Waals surface area contributed by atoms with Crippen molar-refractivity contribution in [3.05, 3.63) is 59.1 Å². The van der Waals surface area contributed by atoms with Gasteiger partial charge in [-0.15, -0.1) is 0 Å². The predicted octanol–water partition coefficient (Wildman–Crippen LogP) is 4.06. The molecule has 1 amide bonds. The Kier molecular flexibility index (Phi) is 6.79. The normalized spacial score (nSPS) is 14.9. The number of thioether (sulfide) groups is 1. The lowest BCUT2D eigenvalue weighted by Gasteiger charge is -2.34. The number of benzene rings is 1. The van der Waals surface area contributed by atoms with Crippen molar-refractivity contribution in [3.8, 4) is 11.4 Å². The van der Waals surface area contributed by atoms with Crippen LogP contribution in [0, 0.1) is 0 Å². The molecule has 1 aromatic carbocycles. The molecule has 1 aliphatic rings. The van der Waals surface area contributed by atoms with Gasteiger partial charge in [-0.25, -0.2) is 4.98 Å². The van der Waals surface area contributed by atoms with Crippen molar-refractivity contribution in [2.45, 2.75) is 17.3 Å². The maximum atomic E-state index is 12.8. The van der Waals surface area contributed by atoms with Crippen LogP contribution in [0.3, 0.4) is 0 Å². The van der Waals surface area contributed by atoms with Gasteiger partial charge in [0, 0.05) is 43.0 Å². The van der Waals surface area contributed by atoms with Crippen molar-refractivity contribution in [1.82, 2.24) is 24.9 Å². The first-order valence-electron chi connectivity index (χ1n) is 9.49. The van der Waals surface area contributed by atoms with Gasteiger partial charge in [0.15, 0.2) is 0 Å². The number of rotatable bonds is 6. The second kappa shape index (κ2) is 9.71. The maximum absolute atomic E-state index is 12.8. The molecule has 0 bridgehead atoms. The Morgan fingerprint density at radius 1 is 1.16 bits per heavy atom. The summed E-state index contributed by atoms with van der Waals surface area (Å²) in [6.07, 6.45) is 1.40. The summed E-state index contributed by atoms with van der Waals surface area (Å²) < 4.78 is 30.9. The van der Waals surface area contributed by atoms with Crippen molar-refractivity contribution < 1.29 is 18.1 Å². The molecule has 0 unspecified atom stereocenters. The van der Waals surface area contributed by atoms with Crippen LogP contribution in [0.2, 0.25) is 5.02 Å². The minimum absolute atomic E-state index is 0.0468. The Morgan fingerprint density at radius 2 is 1.90 bits per heavy atom. The van der Waals surface area contributed by atoms with E-state index in [1.54, 1.807) is 23.1 Å². The Morgan fingerprint density at radius 3 is 2.61 bits per heavy atom. The predicted molar refractivity (Wildman–Crippen MR) is 112 cm³/mol. The summed E-state index contributed by atoms with van der Waals surface area (Å²) in [7, 11) is 0. The van der Waals surface area contributed by atoms with E-state index in [0.29, 0.717) is 49.5 Å². The lowest BCUT2D eigenvalue weighted by Crippen LogP contribution is -2.48. The number of carbonyl (C=O) groups is 1. The highest BCUT2D eigenvalue weighted by Gasteiger charge is 2.26. The fourth-order valence-electron chi connectivity index (χ4n) is 3.24. The molecule has 0 saturated carbocycles. The van der Waals surface area contributed by atoms with Crippen LogP contribution in [0.25, 0.3) is 11.4 Å². The number of amides is 1. The molecule has 0 radical (unpaired) electrons. The quantitative estimate of drug-likeness (QED) is 0.508. The van der Waals surface area contributed by atoms with Crippen molar-refractivity contribution in [1.29, 1.82) is 0 Å². The van der Waals surface area contributed by atoms with Crippen LogP contribution in [-0.4, -0.2) is 62.8 Å².